The Labute approximate surface area is 185 Å². The van der Waals surface area contributed by atoms with Crippen LogP contribution in [0.3, 0.4) is 0 Å². The van der Waals surface area contributed by atoms with Crippen LogP contribution < -0.4 is 10.1 Å². The number of para-hydroxylation sites is 1. The second-order valence-corrected chi connectivity index (χ2v) is 9.09. The van der Waals surface area contributed by atoms with Crippen molar-refractivity contribution >= 4 is 12.2 Å². The fourth-order valence-electron chi connectivity index (χ4n) is 5.76. The van der Waals surface area contributed by atoms with Crippen LogP contribution in [0, 0.1) is 17.8 Å². The molecule has 1 aliphatic heterocycles. The molecule has 2 saturated carbocycles. The van der Waals surface area contributed by atoms with Crippen LogP contribution in [0.2, 0.25) is 0 Å². The van der Waals surface area contributed by atoms with Gasteiger partial charge in [-0.2, -0.15) is 0 Å². The van der Waals surface area contributed by atoms with Gasteiger partial charge in [-0.25, -0.2) is 13.6 Å². The number of ether oxygens (including phenoxy) is 2. The molecule has 0 bridgehead atoms. The van der Waals surface area contributed by atoms with Gasteiger partial charge in [-0.1, -0.05) is 30.3 Å². The number of nitrogens with one attached hydrogen (secondary N) is 1. The fourth-order valence-corrected chi connectivity index (χ4v) is 5.76. The number of alkyl halides is 2. The van der Waals surface area contributed by atoms with Crippen LogP contribution in [-0.4, -0.2) is 36.3 Å². The van der Waals surface area contributed by atoms with E-state index in [1.165, 1.54) is 0 Å². The van der Waals surface area contributed by atoms with E-state index in [2.05, 4.69) is 10.3 Å². The largest absolute Gasteiger partial charge is 0.496 e. The molecule has 1 amide bonds. The van der Waals surface area contributed by atoms with Gasteiger partial charge in [0.15, 0.2) is 0 Å². The number of alkyl carbamates (subject to hydrolysis) is 1. The van der Waals surface area contributed by atoms with Crippen molar-refractivity contribution in [2.24, 2.45) is 17.8 Å². The highest BCUT2D eigenvalue weighted by atomic mass is 19.3. The van der Waals surface area contributed by atoms with Gasteiger partial charge in [0.05, 0.1) is 19.3 Å². The van der Waals surface area contributed by atoms with Gasteiger partial charge in [0.1, 0.15) is 11.4 Å². The number of aromatic nitrogens is 1. The average Bonchev–Trinajstić information content (AvgIpc) is 3.29. The van der Waals surface area contributed by atoms with E-state index in [1.54, 1.807) is 13.3 Å². The summed E-state index contributed by atoms with van der Waals surface area (Å²) in [6.07, 6.45) is 5.93. The summed E-state index contributed by atoms with van der Waals surface area (Å²) >= 11 is 0. The standard InChI is InChI=1S/C25H26F2N2O3/c1-31-22-5-3-2-4-20(22)16-6-7-18(28-14-16)8-9-21-19-10-11-25(26,27)13-17(19)12-24(21)15-29-23(30)32-24/h2-9,14,17,19,21H,10-13,15H2,1H3,(H,29,30)/b9-8+/t17-,19-,21+,24?/m1/s1. The lowest BCUT2D eigenvalue weighted by Crippen LogP contribution is -2.38. The lowest BCUT2D eigenvalue weighted by atomic mass is 9.75. The van der Waals surface area contributed by atoms with Crippen molar-refractivity contribution in [1.82, 2.24) is 10.3 Å². The van der Waals surface area contributed by atoms with E-state index in [0.717, 1.165) is 22.6 Å². The highest BCUT2D eigenvalue weighted by Crippen LogP contribution is 2.56. The molecule has 2 aromatic rings. The number of methoxy groups -OCH3 is 1. The number of carbonyl (C=O) groups excluding carboxylic acids is 1. The molecule has 32 heavy (non-hydrogen) atoms. The number of benzene rings is 1. The number of carbonyl (C=O) groups is 1. The minimum absolute atomic E-state index is 0.0754. The van der Waals surface area contributed by atoms with Crippen molar-refractivity contribution in [3.8, 4) is 16.9 Å². The van der Waals surface area contributed by atoms with E-state index in [0.29, 0.717) is 19.4 Å². The summed E-state index contributed by atoms with van der Waals surface area (Å²) < 4.78 is 39.2. The minimum atomic E-state index is -2.63. The van der Waals surface area contributed by atoms with Gasteiger partial charge in [-0.05, 0) is 42.9 Å². The molecular weight excluding hydrogens is 414 g/mol. The lowest BCUT2D eigenvalue weighted by molar-refractivity contribution is -0.0659. The van der Waals surface area contributed by atoms with Crippen LogP contribution in [0.25, 0.3) is 17.2 Å². The Bertz CT molecular complexity index is 1040. The fraction of sp³-hybridized carbons (Fsp3) is 0.440. The van der Waals surface area contributed by atoms with Gasteiger partial charge in [0, 0.05) is 36.1 Å². The number of amides is 1. The summed E-state index contributed by atoms with van der Waals surface area (Å²) in [6, 6.07) is 11.7. The summed E-state index contributed by atoms with van der Waals surface area (Å²) in [5, 5.41) is 2.74. The number of rotatable bonds is 4. The third kappa shape index (κ3) is 3.74. The third-order valence-electron chi connectivity index (χ3n) is 7.19. The van der Waals surface area contributed by atoms with Crippen molar-refractivity contribution in [1.29, 1.82) is 0 Å². The molecule has 2 aliphatic carbocycles. The Balaban J connectivity index is 1.39. The van der Waals surface area contributed by atoms with E-state index in [4.69, 9.17) is 9.47 Å². The molecule has 168 valence electrons. The zero-order valence-electron chi connectivity index (χ0n) is 17.9. The molecule has 3 fully saturated rings. The molecule has 5 nitrogen and oxygen atoms in total. The summed E-state index contributed by atoms with van der Waals surface area (Å²) in [5.41, 5.74) is 1.92. The molecule has 2 heterocycles. The first kappa shape index (κ1) is 20.9. The van der Waals surface area contributed by atoms with Gasteiger partial charge < -0.3 is 14.8 Å². The van der Waals surface area contributed by atoms with E-state index in [9.17, 15) is 13.6 Å². The van der Waals surface area contributed by atoms with Crippen LogP contribution >= 0.6 is 0 Å². The van der Waals surface area contributed by atoms with Gasteiger partial charge in [0.25, 0.3) is 0 Å². The normalized spacial score (nSPS) is 30.8. The minimum Gasteiger partial charge on any atom is -0.496 e. The molecule has 4 atom stereocenters. The van der Waals surface area contributed by atoms with Gasteiger partial charge in [0.2, 0.25) is 5.92 Å². The molecule has 1 unspecified atom stereocenters. The van der Waals surface area contributed by atoms with E-state index in [-0.39, 0.29) is 30.6 Å². The molecule has 1 aromatic heterocycles. The van der Waals surface area contributed by atoms with Gasteiger partial charge in [-0.15, -0.1) is 0 Å². The molecule has 7 heteroatoms. The first-order valence-corrected chi connectivity index (χ1v) is 11.0. The molecule has 3 aliphatic rings. The SMILES string of the molecule is COc1ccccc1-c1ccc(/C=C/[C@H]2[C@@H]3CCC(F)(F)C[C@H]3CC23CNC(=O)O3)nc1. The Hall–Kier alpha value is -2.96. The Morgan fingerprint density at radius 3 is 2.78 bits per heavy atom. The van der Waals surface area contributed by atoms with Crippen molar-refractivity contribution in [2.75, 3.05) is 13.7 Å². The maximum atomic E-state index is 14.0. The van der Waals surface area contributed by atoms with Crippen LogP contribution in [0.4, 0.5) is 13.6 Å². The van der Waals surface area contributed by atoms with Gasteiger partial charge in [-0.3, -0.25) is 4.98 Å². The first-order valence-electron chi connectivity index (χ1n) is 11.0. The summed E-state index contributed by atoms with van der Waals surface area (Å²) in [5.74, 6) is -2.04. The molecule has 1 spiro atoms. The van der Waals surface area contributed by atoms with Crippen molar-refractivity contribution in [2.45, 2.75) is 37.2 Å². The summed E-state index contributed by atoms with van der Waals surface area (Å²) in [7, 11) is 1.64. The molecule has 0 radical (unpaired) electrons. The van der Waals surface area contributed by atoms with E-state index in [1.807, 2.05) is 48.6 Å². The topological polar surface area (TPSA) is 60.5 Å². The highest BCUT2D eigenvalue weighted by Gasteiger charge is 2.60. The molecule has 1 saturated heterocycles. The van der Waals surface area contributed by atoms with Crippen molar-refractivity contribution in [3.63, 3.8) is 0 Å². The molecule has 1 N–H and O–H groups in total. The Morgan fingerprint density at radius 2 is 2.06 bits per heavy atom. The van der Waals surface area contributed by atoms with E-state index >= 15 is 0 Å². The second-order valence-electron chi connectivity index (χ2n) is 9.09. The molecular formula is C25H26F2N2O3. The lowest BCUT2D eigenvalue weighted by Gasteiger charge is -2.34. The van der Waals surface area contributed by atoms with Crippen molar-refractivity contribution < 1.29 is 23.0 Å². The quantitative estimate of drug-likeness (QED) is 0.699. The summed E-state index contributed by atoms with van der Waals surface area (Å²) in [4.78, 5) is 16.4. The van der Waals surface area contributed by atoms with Crippen molar-refractivity contribution in [3.05, 3.63) is 54.4 Å². The van der Waals surface area contributed by atoms with Crippen LogP contribution in [0.5, 0.6) is 5.75 Å². The monoisotopic (exact) mass is 440 g/mol. The third-order valence-corrected chi connectivity index (χ3v) is 7.19. The van der Waals surface area contributed by atoms with Gasteiger partial charge >= 0.3 is 6.09 Å². The Kier molecular flexibility index (Phi) is 5.14. The summed E-state index contributed by atoms with van der Waals surface area (Å²) in [6.45, 7) is 0.361. The zero-order chi connectivity index (χ0) is 22.3. The molecule has 5 rings (SSSR count). The number of hydrogen-bond donors (Lipinski definition) is 1. The maximum Gasteiger partial charge on any atom is 0.407 e. The number of pyridine rings is 1. The van der Waals surface area contributed by atoms with Crippen LogP contribution in [-0.2, 0) is 4.74 Å². The van der Waals surface area contributed by atoms with Crippen LogP contribution in [0.15, 0.2) is 48.7 Å². The van der Waals surface area contributed by atoms with E-state index < -0.39 is 17.6 Å². The molecule has 1 aromatic carbocycles. The maximum absolute atomic E-state index is 14.0. The second kappa shape index (κ2) is 7.87. The smallest absolute Gasteiger partial charge is 0.407 e. The number of fused-ring (bicyclic) bond motifs is 1. The predicted octanol–water partition coefficient (Wildman–Crippen LogP) is 5.32. The predicted molar refractivity (Wildman–Crippen MR) is 116 cm³/mol. The number of halogens is 2. The zero-order valence-corrected chi connectivity index (χ0v) is 17.9. The number of nitrogens with zero attached hydrogens (tertiary/aromatic N) is 1. The van der Waals surface area contributed by atoms with Crippen LogP contribution in [0.1, 0.15) is 31.4 Å². The number of hydrogen-bond acceptors (Lipinski definition) is 4. The highest BCUT2D eigenvalue weighted by molar-refractivity contribution is 5.71. The average molecular weight is 440 g/mol. The first-order chi connectivity index (χ1) is 15.4. The Morgan fingerprint density at radius 1 is 1.22 bits per heavy atom.